The Morgan fingerprint density at radius 2 is 1.76 bits per heavy atom. The molecule has 1 atom stereocenters. The van der Waals surface area contributed by atoms with Crippen molar-refractivity contribution >= 4 is 34.6 Å². The highest BCUT2D eigenvalue weighted by Gasteiger charge is 2.19. The van der Waals surface area contributed by atoms with Gasteiger partial charge < -0.3 is 19.2 Å². The number of fused-ring (bicyclic) bond motifs is 1. The molecule has 0 unspecified atom stereocenters. The molecule has 0 saturated heterocycles. The summed E-state index contributed by atoms with van der Waals surface area (Å²) >= 11 is 5.91. The lowest BCUT2D eigenvalue weighted by atomic mass is 10.1. The van der Waals surface area contributed by atoms with Gasteiger partial charge in [-0.3, -0.25) is 4.79 Å². The molecule has 0 fully saturated rings. The summed E-state index contributed by atoms with van der Waals surface area (Å²) in [6, 6.07) is 19.5. The number of amides is 1. The minimum absolute atomic E-state index is 0.0795. The fourth-order valence-electron chi connectivity index (χ4n) is 3.21. The van der Waals surface area contributed by atoms with Gasteiger partial charge in [0.25, 0.3) is 0 Å². The molecule has 0 bridgehead atoms. The zero-order valence-corrected chi connectivity index (χ0v) is 18.9. The van der Waals surface area contributed by atoms with E-state index in [2.05, 4.69) is 5.32 Å². The number of ether oxygens (including phenoxy) is 2. The molecule has 4 aromatic rings. The third-order valence-corrected chi connectivity index (χ3v) is 5.27. The van der Waals surface area contributed by atoms with E-state index in [1.165, 1.54) is 31.4 Å². The third-order valence-electron chi connectivity index (χ3n) is 5.02. The normalized spacial score (nSPS) is 11.6. The molecule has 0 radical (unpaired) electrons. The number of benzene rings is 3. The smallest absolute Gasteiger partial charge is 0.408 e. The number of nitrogens with one attached hydrogen (secondary N) is 1. The van der Waals surface area contributed by atoms with Gasteiger partial charge in [-0.15, -0.1) is 0 Å². The van der Waals surface area contributed by atoms with E-state index >= 15 is 0 Å². The lowest BCUT2D eigenvalue weighted by Crippen LogP contribution is -2.41. The molecule has 1 amide bonds. The molecular weight excluding hydrogens is 458 g/mol. The highest BCUT2D eigenvalue weighted by atomic mass is 35.5. The van der Waals surface area contributed by atoms with E-state index in [1.807, 2.05) is 30.3 Å². The molecule has 0 aliphatic heterocycles. The van der Waals surface area contributed by atoms with Crippen LogP contribution in [0.3, 0.4) is 0 Å². The Kier molecular flexibility index (Phi) is 6.94. The van der Waals surface area contributed by atoms with Gasteiger partial charge in [-0.25, -0.2) is 9.59 Å². The maximum Gasteiger partial charge on any atom is 0.408 e. The SMILES string of the molecule is C[C@@H](NC(=O)OCc1ccccc1)C(=O)Oc1ccc2c(=O)c(-c3ccc(Cl)cc3)coc2c1. The summed E-state index contributed by atoms with van der Waals surface area (Å²) in [6.07, 6.45) is 0.611. The Bertz CT molecular complexity index is 1380. The first-order chi connectivity index (χ1) is 16.4. The van der Waals surface area contributed by atoms with Gasteiger partial charge in [-0.05, 0) is 42.3 Å². The van der Waals surface area contributed by atoms with Crippen molar-refractivity contribution in [2.24, 2.45) is 0 Å². The van der Waals surface area contributed by atoms with Crippen LogP contribution in [0.15, 0.2) is 88.3 Å². The van der Waals surface area contributed by atoms with Gasteiger partial charge in [-0.2, -0.15) is 0 Å². The molecule has 0 aliphatic carbocycles. The summed E-state index contributed by atoms with van der Waals surface area (Å²) in [4.78, 5) is 37.2. The van der Waals surface area contributed by atoms with Crippen LogP contribution in [0.25, 0.3) is 22.1 Å². The number of hydrogen-bond donors (Lipinski definition) is 1. The standard InChI is InChI=1S/C26H20ClNO6/c1-16(28-26(31)33-14-17-5-3-2-4-6-17)25(30)34-20-11-12-21-23(13-20)32-15-22(24(21)29)18-7-9-19(27)10-8-18/h2-13,15-16H,14H2,1H3,(H,28,31)/t16-/m1/s1. The average Bonchev–Trinajstić information content (AvgIpc) is 2.84. The first-order valence-corrected chi connectivity index (χ1v) is 10.8. The van der Waals surface area contributed by atoms with E-state index < -0.39 is 18.1 Å². The molecule has 172 valence electrons. The first-order valence-electron chi connectivity index (χ1n) is 10.4. The molecule has 0 spiro atoms. The molecule has 8 heteroatoms. The number of hydrogen-bond acceptors (Lipinski definition) is 6. The number of alkyl carbamates (subject to hydrolysis) is 1. The van der Waals surface area contributed by atoms with Crippen molar-refractivity contribution in [2.75, 3.05) is 0 Å². The molecule has 1 heterocycles. The van der Waals surface area contributed by atoms with Crippen LogP contribution in [-0.4, -0.2) is 18.1 Å². The predicted molar refractivity (Wildman–Crippen MR) is 128 cm³/mol. The van der Waals surface area contributed by atoms with Crippen molar-refractivity contribution in [3.63, 3.8) is 0 Å². The second kappa shape index (κ2) is 10.2. The van der Waals surface area contributed by atoms with E-state index in [0.29, 0.717) is 21.5 Å². The Morgan fingerprint density at radius 1 is 1.03 bits per heavy atom. The fourth-order valence-corrected chi connectivity index (χ4v) is 3.33. The Labute approximate surface area is 199 Å². The maximum atomic E-state index is 12.9. The summed E-state index contributed by atoms with van der Waals surface area (Å²) < 4.78 is 16.1. The second-order valence-electron chi connectivity index (χ2n) is 7.49. The number of halogens is 1. The van der Waals surface area contributed by atoms with Crippen LogP contribution in [0.1, 0.15) is 12.5 Å². The van der Waals surface area contributed by atoms with Gasteiger partial charge in [0.05, 0.1) is 10.9 Å². The lowest BCUT2D eigenvalue weighted by molar-refractivity contribution is -0.136. The average molecular weight is 478 g/mol. The summed E-state index contributed by atoms with van der Waals surface area (Å²) in [7, 11) is 0. The maximum absolute atomic E-state index is 12.9. The Morgan fingerprint density at radius 3 is 2.50 bits per heavy atom. The zero-order valence-electron chi connectivity index (χ0n) is 18.1. The monoisotopic (exact) mass is 477 g/mol. The van der Waals surface area contributed by atoms with Gasteiger partial charge in [0, 0.05) is 11.1 Å². The van der Waals surface area contributed by atoms with Gasteiger partial charge in [0.2, 0.25) is 0 Å². The van der Waals surface area contributed by atoms with Crippen molar-refractivity contribution in [3.05, 3.63) is 99.9 Å². The van der Waals surface area contributed by atoms with Gasteiger partial charge >= 0.3 is 12.1 Å². The van der Waals surface area contributed by atoms with E-state index in [0.717, 1.165) is 5.56 Å². The van der Waals surface area contributed by atoms with Crippen molar-refractivity contribution in [3.8, 4) is 16.9 Å². The van der Waals surface area contributed by atoms with Gasteiger partial charge in [-0.1, -0.05) is 54.1 Å². The van der Waals surface area contributed by atoms with Gasteiger partial charge in [0.15, 0.2) is 5.43 Å². The van der Waals surface area contributed by atoms with Crippen LogP contribution in [0.4, 0.5) is 4.79 Å². The Balaban J connectivity index is 1.40. The number of rotatable bonds is 6. The van der Waals surface area contributed by atoms with Crippen molar-refractivity contribution in [2.45, 2.75) is 19.6 Å². The third kappa shape index (κ3) is 5.44. The van der Waals surface area contributed by atoms with E-state index in [9.17, 15) is 14.4 Å². The van der Waals surface area contributed by atoms with Crippen molar-refractivity contribution in [1.29, 1.82) is 0 Å². The van der Waals surface area contributed by atoms with E-state index in [1.54, 1.807) is 24.3 Å². The van der Waals surface area contributed by atoms with Crippen LogP contribution in [0.2, 0.25) is 5.02 Å². The molecule has 0 saturated carbocycles. The van der Waals surface area contributed by atoms with Crippen molar-refractivity contribution in [1.82, 2.24) is 5.32 Å². The van der Waals surface area contributed by atoms with Crippen molar-refractivity contribution < 1.29 is 23.5 Å². The molecule has 4 rings (SSSR count). The zero-order chi connectivity index (χ0) is 24.1. The highest BCUT2D eigenvalue weighted by molar-refractivity contribution is 6.30. The topological polar surface area (TPSA) is 94.8 Å². The molecule has 1 N–H and O–H groups in total. The van der Waals surface area contributed by atoms with E-state index in [-0.39, 0.29) is 23.4 Å². The summed E-state index contributed by atoms with van der Waals surface area (Å²) in [6.45, 7) is 1.56. The number of carbonyl (C=O) groups excluding carboxylic acids is 2. The molecule has 7 nitrogen and oxygen atoms in total. The summed E-state index contributed by atoms with van der Waals surface area (Å²) in [5.74, 6) is -0.526. The molecule has 3 aromatic carbocycles. The second-order valence-corrected chi connectivity index (χ2v) is 7.93. The highest BCUT2D eigenvalue weighted by Crippen LogP contribution is 2.24. The Hall–Kier alpha value is -4.10. The van der Waals surface area contributed by atoms with Crippen LogP contribution < -0.4 is 15.5 Å². The number of esters is 1. The van der Waals surface area contributed by atoms with Crippen LogP contribution in [0, 0.1) is 0 Å². The number of carbonyl (C=O) groups is 2. The minimum atomic E-state index is -0.960. The van der Waals surface area contributed by atoms with E-state index in [4.69, 9.17) is 25.5 Å². The van der Waals surface area contributed by atoms with Gasteiger partial charge in [0.1, 0.15) is 30.2 Å². The fraction of sp³-hybridized carbons (Fsp3) is 0.115. The lowest BCUT2D eigenvalue weighted by Gasteiger charge is -2.13. The largest absolute Gasteiger partial charge is 0.463 e. The molecular formula is C26H20ClNO6. The molecule has 0 aliphatic rings. The minimum Gasteiger partial charge on any atom is -0.463 e. The van der Waals surface area contributed by atoms with Crippen LogP contribution in [0.5, 0.6) is 5.75 Å². The summed E-state index contributed by atoms with van der Waals surface area (Å²) in [5.41, 5.74) is 1.92. The molecule has 34 heavy (non-hydrogen) atoms. The van der Waals surface area contributed by atoms with Crippen LogP contribution >= 0.6 is 11.6 Å². The quantitative estimate of drug-likeness (QED) is 0.298. The van der Waals surface area contributed by atoms with Crippen LogP contribution in [-0.2, 0) is 16.1 Å². The first kappa shape index (κ1) is 23.1. The summed E-state index contributed by atoms with van der Waals surface area (Å²) in [5, 5.41) is 3.33. The predicted octanol–water partition coefficient (Wildman–Crippen LogP) is 5.33. The molecule has 1 aromatic heterocycles.